The van der Waals surface area contributed by atoms with Crippen LogP contribution in [-0.2, 0) is 16.1 Å². The summed E-state index contributed by atoms with van der Waals surface area (Å²) >= 11 is 0. The van der Waals surface area contributed by atoms with Crippen molar-refractivity contribution in [3.63, 3.8) is 0 Å². The SMILES string of the molecule is C=CC(=O)OCc1ccc(N(c2ccccc2)c2ccc(OC(O)C(=C)C)cc2)cc1. The van der Waals surface area contributed by atoms with E-state index in [4.69, 9.17) is 9.47 Å². The first-order chi connectivity index (χ1) is 15.0. The Morgan fingerprint density at radius 3 is 2.06 bits per heavy atom. The summed E-state index contributed by atoms with van der Waals surface area (Å²) in [6, 6.07) is 25.2. The number of nitrogens with zero attached hydrogens (tertiary/aromatic N) is 1. The molecule has 158 valence electrons. The highest BCUT2D eigenvalue weighted by molar-refractivity contribution is 5.81. The molecular formula is C26H25NO4. The summed E-state index contributed by atoms with van der Waals surface area (Å²) in [6.45, 7) is 8.99. The molecule has 1 unspecified atom stereocenters. The number of anilines is 3. The number of ether oxygens (including phenoxy) is 2. The molecule has 5 nitrogen and oxygen atoms in total. The molecule has 0 aliphatic carbocycles. The van der Waals surface area contributed by atoms with Crippen molar-refractivity contribution >= 4 is 23.0 Å². The van der Waals surface area contributed by atoms with Crippen LogP contribution in [0.5, 0.6) is 5.75 Å². The quantitative estimate of drug-likeness (QED) is 0.212. The monoisotopic (exact) mass is 415 g/mol. The third-order valence-corrected chi connectivity index (χ3v) is 4.52. The highest BCUT2D eigenvalue weighted by atomic mass is 16.6. The highest BCUT2D eigenvalue weighted by Crippen LogP contribution is 2.35. The molecule has 1 atom stereocenters. The van der Waals surface area contributed by atoms with Gasteiger partial charge in [-0.25, -0.2) is 4.79 Å². The average molecular weight is 415 g/mol. The number of carbonyl (C=O) groups is 1. The van der Waals surface area contributed by atoms with Gasteiger partial charge in [-0.15, -0.1) is 0 Å². The fourth-order valence-electron chi connectivity index (χ4n) is 2.88. The minimum atomic E-state index is -1.04. The molecule has 0 aliphatic rings. The Bertz CT molecular complexity index is 1030. The molecule has 0 saturated heterocycles. The number of rotatable bonds is 9. The van der Waals surface area contributed by atoms with Gasteiger partial charge in [-0.05, 0) is 66.6 Å². The second-order valence-corrected chi connectivity index (χ2v) is 6.96. The topological polar surface area (TPSA) is 59.0 Å². The van der Waals surface area contributed by atoms with E-state index in [2.05, 4.69) is 18.1 Å². The van der Waals surface area contributed by atoms with Crippen molar-refractivity contribution in [1.29, 1.82) is 0 Å². The van der Waals surface area contributed by atoms with Crippen molar-refractivity contribution in [3.05, 3.63) is 109 Å². The molecule has 0 radical (unpaired) electrons. The molecule has 1 N–H and O–H groups in total. The molecule has 0 bridgehead atoms. The number of aliphatic hydroxyl groups is 1. The van der Waals surface area contributed by atoms with Gasteiger partial charge < -0.3 is 19.5 Å². The maximum Gasteiger partial charge on any atom is 0.330 e. The van der Waals surface area contributed by atoms with Crippen LogP contribution >= 0.6 is 0 Å². The van der Waals surface area contributed by atoms with Crippen LogP contribution in [0.1, 0.15) is 12.5 Å². The zero-order valence-electron chi connectivity index (χ0n) is 17.4. The lowest BCUT2D eigenvalue weighted by Crippen LogP contribution is -2.16. The third-order valence-electron chi connectivity index (χ3n) is 4.52. The molecule has 0 saturated carbocycles. The van der Waals surface area contributed by atoms with Gasteiger partial charge in [0.05, 0.1) is 0 Å². The predicted molar refractivity (Wildman–Crippen MR) is 123 cm³/mol. The summed E-state index contributed by atoms with van der Waals surface area (Å²) in [5.41, 5.74) is 4.28. The largest absolute Gasteiger partial charge is 0.461 e. The molecule has 3 aromatic carbocycles. The summed E-state index contributed by atoms with van der Waals surface area (Å²) in [7, 11) is 0. The Labute approximate surface area is 182 Å². The van der Waals surface area contributed by atoms with Gasteiger partial charge in [0.25, 0.3) is 0 Å². The van der Waals surface area contributed by atoms with Gasteiger partial charge >= 0.3 is 5.97 Å². The summed E-state index contributed by atoms with van der Waals surface area (Å²) in [4.78, 5) is 13.4. The number of aliphatic hydroxyl groups excluding tert-OH is 1. The summed E-state index contributed by atoms with van der Waals surface area (Å²) in [5, 5.41) is 9.87. The molecule has 0 amide bonds. The van der Waals surface area contributed by atoms with E-state index in [9.17, 15) is 9.90 Å². The predicted octanol–water partition coefficient (Wildman–Crippen LogP) is 5.66. The Balaban J connectivity index is 1.87. The number of benzene rings is 3. The fourth-order valence-corrected chi connectivity index (χ4v) is 2.88. The zero-order chi connectivity index (χ0) is 22.2. The van der Waals surface area contributed by atoms with Gasteiger partial charge in [0.15, 0.2) is 0 Å². The Hall–Kier alpha value is -3.83. The summed E-state index contributed by atoms with van der Waals surface area (Å²) in [5.74, 6) is 0.0979. The lowest BCUT2D eigenvalue weighted by atomic mass is 10.1. The summed E-state index contributed by atoms with van der Waals surface area (Å²) < 4.78 is 10.6. The van der Waals surface area contributed by atoms with Gasteiger partial charge in [0, 0.05) is 23.1 Å². The third kappa shape index (κ3) is 5.84. The highest BCUT2D eigenvalue weighted by Gasteiger charge is 2.13. The molecule has 3 aromatic rings. The second-order valence-electron chi connectivity index (χ2n) is 6.96. The van der Waals surface area contributed by atoms with Crippen molar-refractivity contribution in [3.8, 4) is 5.75 Å². The lowest BCUT2D eigenvalue weighted by molar-refractivity contribution is -0.138. The Morgan fingerprint density at radius 2 is 1.52 bits per heavy atom. The van der Waals surface area contributed by atoms with Crippen molar-refractivity contribution in [2.75, 3.05) is 4.90 Å². The zero-order valence-corrected chi connectivity index (χ0v) is 17.4. The van der Waals surface area contributed by atoms with E-state index < -0.39 is 12.3 Å². The molecule has 0 aliphatic heterocycles. The normalized spacial score (nSPS) is 11.3. The molecule has 0 heterocycles. The van der Waals surface area contributed by atoms with E-state index >= 15 is 0 Å². The van der Waals surface area contributed by atoms with E-state index in [0.29, 0.717) is 11.3 Å². The van der Waals surface area contributed by atoms with E-state index in [1.165, 1.54) is 0 Å². The van der Waals surface area contributed by atoms with Crippen LogP contribution in [0.3, 0.4) is 0 Å². The summed E-state index contributed by atoms with van der Waals surface area (Å²) in [6.07, 6.45) is 0.104. The van der Waals surface area contributed by atoms with Crippen LogP contribution < -0.4 is 9.64 Å². The number of hydrogen-bond acceptors (Lipinski definition) is 5. The minimum absolute atomic E-state index is 0.188. The molecule has 0 spiro atoms. The van der Waals surface area contributed by atoms with Crippen LogP contribution in [0.25, 0.3) is 0 Å². The fraction of sp³-hybridized carbons (Fsp3) is 0.115. The Kier molecular flexibility index (Phi) is 7.25. The molecular weight excluding hydrogens is 390 g/mol. The van der Waals surface area contributed by atoms with Crippen molar-refractivity contribution < 1.29 is 19.4 Å². The second kappa shape index (κ2) is 10.3. The smallest absolute Gasteiger partial charge is 0.330 e. The Morgan fingerprint density at radius 1 is 0.968 bits per heavy atom. The van der Waals surface area contributed by atoms with Gasteiger partial charge in [-0.3, -0.25) is 0 Å². The van der Waals surface area contributed by atoms with Crippen LogP contribution in [0, 0.1) is 0 Å². The maximum absolute atomic E-state index is 11.3. The van der Waals surface area contributed by atoms with Crippen molar-refractivity contribution in [1.82, 2.24) is 0 Å². The number of hydrogen-bond donors (Lipinski definition) is 1. The minimum Gasteiger partial charge on any atom is -0.461 e. The molecule has 3 rings (SSSR count). The first-order valence-corrected chi connectivity index (χ1v) is 9.81. The number of carbonyl (C=O) groups excluding carboxylic acids is 1. The van der Waals surface area contributed by atoms with Crippen LogP contribution in [0.4, 0.5) is 17.1 Å². The number of para-hydroxylation sites is 1. The van der Waals surface area contributed by atoms with Gasteiger partial charge in [0.1, 0.15) is 12.4 Å². The van der Waals surface area contributed by atoms with E-state index in [0.717, 1.165) is 28.7 Å². The van der Waals surface area contributed by atoms with Crippen LogP contribution in [-0.4, -0.2) is 17.4 Å². The van der Waals surface area contributed by atoms with E-state index in [-0.39, 0.29) is 6.61 Å². The number of esters is 1. The van der Waals surface area contributed by atoms with Gasteiger partial charge in [-0.1, -0.05) is 43.5 Å². The van der Waals surface area contributed by atoms with Crippen LogP contribution in [0.2, 0.25) is 0 Å². The molecule has 5 heteroatoms. The van der Waals surface area contributed by atoms with Gasteiger partial charge in [-0.2, -0.15) is 0 Å². The molecule has 31 heavy (non-hydrogen) atoms. The first-order valence-electron chi connectivity index (χ1n) is 9.81. The van der Waals surface area contributed by atoms with Crippen LogP contribution in [0.15, 0.2) is 104 Å². The van der Waals surface area contributed by atoms with E-state index in [1.54, 1.807) is 19.1 Å². The van der Waals surface area contributed by atoms with Crippen molar-refractivity contribution in [2.45, 2.75) is 19.8 Å². The maximum atomic E-state index is 11.3. The average Bonchev–Trinajstić information content (AvgIpc) is 2.80. The van der Waals surface area contributed by atoms with E-state index in [1.807, 2.05) is 66.7 Å². The molecule has 0 aromatic heterocycles. The van der Waals surface area contributed by atoms with Gasteiger partial charge in [0.2, 0.25) is 6.29 Å². The van der Waals surface area contributed by atoms with Crippen molar-refractivity contribution in [2.24, 2.45) is 0 Å². The standard InChI is InChI=1S/C26H25NO4/c1-4-25(28)30-18-20-10-12-22(13-11-20)27(21-8-6-5-7-9-21)23-14-16-24(17-15-23)31-26(29)19(2)3/h4-17,26,29H,1-2,18H2,3H3. The molecule has 0 fully saturated rings. The lowest BCUT2D eigenvalue weighted by Gasteiger charge is -2.26. The first kappa shape index (κ1) is 21.9.